The van der Waals surface area contributed by atoms with Crippen molar-refractivity contribution in [2.75, 3.05) is 5.32 Å². The van der Waals surface area contributed by atoms with Gasteiger partial charge in [0.1, 0.15) is 5.03 Å². The molecule has 0 aliphatic carbocycles. The maximum atomic E-state index is 4.59. The van der Waals surface area contributed by atoms with E-state index < -0.39 is 0 Å². The lowest BCUT2D eigenvalue weighted by Crippen LogP contribution is -2.26. The molecule has 5 aromatic rings. The molecule has 4 aromatic carbocycles. The number of aromatic nitrogens is 1. The van der Waals surface area contributed by atoms with E-state index in [1.54, 1.807) is 11.8 Å². The molecular formula is C40H42N2S. The normalized spacial score (nSPS) is 14.0. The molecule has 2 heterocycles. The van der Waals surface area contributed by atoms with E-state index >= 15 is 0 Å². The van der Waals surface area contributed by atoms with Crippen molar-refractivity contribution in [3.05, 3.63) is 126 Å². The van der Waals surface area contributed by atoms with Gasteiger partial charge in [-0.2, -0.15) is 0 Å². The molecule has 1 N–H and O–H groups in total. The SMILES string of the molecule is CC(C)(C)c1cc(Sc2ccccn2)cc(-c2cc(-c3cccc4c3Nc3ccccc3C4(C)C)cc(C(C)(C)C)c2)c1. The van der Waals surface area contributed by atoms with Crippen molar-refractivity contribution in [2.45, 2.75) is 81.6 Å². The average Bonchev–Trinajstić information content (AvgIpc) is 2.96. The molecule has 0 bridgehead atoms. The van der Waals surface area contributed by atoms with Crippen LogP contribution in [0.4, 0.5) is 11.4 Å². The van der Waals surface area contributed by atoms with Crippen LogP contribution in [0.2, 0.25) is 0 Å². The van der Waals surface area contributed by atoms with Crippen molar-refractivity contribution < 1.29 is 0 Å². The number of rotatable bonds is 4. The van der Waals surface area contributed by atoms with E-state index in [-0.39, 0.29) is 16.2 Å². The Labute approximate surface area is 262 Å². The first-order chi connectivity index (χ1) is 20.3. The number of para-hydroxylation sites is 2. The van der Waals surface area contributed by atoms with Crippen LogP contribution in [0.15, 0.2) is 113 Å². The Bertz CT molecular complexity index is 1800. The lowest BCUT2D eigenvalue weighted by molar-refractivity contribution is 0.588. The van der Waals surface area contributed by atoms with Gasteiger partial charge in [-0.05, 0) is 86.2 Å². The van der Waals surface area contributed by atoms with Gasteiger partial charge in [-0.15, -0.1) is 0 Å². The Morgan fingerprint density at radius 1 is 0.628 bits per heavy atom. The molecule has 1 aromatic heterocycles. The highest BCUT2D eigenvalue weighted by Gasteiger charge is 2.33. The molecule has 0 atom stereocenters. The Balaban J connectivity index is 1.54. The van der Waals surface area contributed by atoms with Gasteiger partial charge in [0.25, 0.3) is 0 Å². The summed E-state index contributed by atoms with van der Waals surface area (Å²) in [5.41, 5.74) is 12.6. The van der Waals surface area contributed by atoms with Gasteiger partial charge in [0, 0.05) is 27.8 Å². The predicted octanol–water partition coefficient (Wildman–Crippen LogP) is 11.5. The summed E-state index contributed by atoms with van der Waals surface area (Å²) in [6.45, 7) is 18.5. The molecule has 0 saturated heterocycles. The van der Waals surface area contributed by atoms with E-state index in [9.17, 15) is 0 Å². The minimum Gasteiger partial charge on any atom is -0.355 e. The number of hydrogen-bond acceptors (Lipinski definition) is 3. The van der Waals surface area contributed by atoms with Crippen molar-refractivity contribution in [3.8, 4) is 22.3 Å². The number of nitrogens with one attached hydrogen (secondary N) is 1. The van der Waals surface area contributed by atoms with E-state index in [0.717, 1.165) is 5.03 Å². The molecule has 0 spiro atoms. The van der Waals surface area contributed by atoms with Gasteiger partial charge in [0.05, 0.1) is 5.69 Å². The first-order valence-corrected chi connectivity index (χ1v) is 16.0. The molecule has 0 unspecified atom stereocenters. The third kappa shape index (κ3) is 5.76. The van der Waals surface area contributed by atoms with Gasteiger partial charge in [-0.3, -0.25) is 0 Å². The van der Waals surface area contributed by atoms with Crippen molar-refractivity contribution >= 4 is 23.1 Å². The Morgan fingerprint density at radius 2 is 1.26 bits per heavy atom. The quantitative estimate of drug-likeness (QED) is 0.228. The molecule has 218 valence electrons. The Kier molecular flexibility index (Phi) is 7.29. The maximum absolute atomic E-state index is 4.59. The van der Waals surface area contributed by atoms with E-state index in [0.29, 0.717) is 0 Å². The number of anilines is 2. The number of benzene rings is 4. The average molecular weight is 583 g/mol. The number of fused-ring (bicyclic) bond motifs is 2. The summed E-state index contributed by atoms with van der Waals surface area (Å²) < 4.78 is 0. The Morgan fingerprint density at radius 3 is 1.95 bits per heavy atom. The van der Waals surface area contributed by atoms with E-state index in [1.165, 1.54) is 60.8 Å². The number of hydrogen-bond donors (Lipinski definition) is 1. The third-order valence-electron chi connectivity index (χ3n) is 8.67. The van der Waals surface area contributed by atoms with Crippen molar-refractivity contribution in [2.24, 2.45) is 0 Å². The monoisotopic (exact) mass is 582 g/mol. The van der Waals surface area contributed by atoms with Gasteiger partial charge in [0.15, 0.2) is 0 Å². The molecule has 1 aliphatic rings. The minimum atomic E-state index is -0.101. The zero-order chi connectivity index (χ0) is 30.6. The number of nitrogens with zero attached hydrogens (tertiary/aromatic N) is 1. The van der Waals surface area contributed by atoms with Crippen LogP contribution in [-0.2, 0) is 16.2 Å². The summed E-state index contributed by atoms with van der Waals surface area (Å²) in [5.74, 6) is 0. The predicted molar refractivity (Wildman–Crippen MR) is 185 cm³/mol. The molecule has 0 radical (unpaired) electrons. The first-order valence-electron chi connectivity index (χ1n) is 15.2. The van der Waals surface area contributed by atoms with Crippen LogP contribution in [-0.4, -0.2) is 4.98 Å². The second-order valence-electron chi connectivity index (χ2n) is 14.3. The highest BCUT2D eigenvalue weighted by Crippen LogP contribution is 2.49. The topological polar surface area (TPSA) is 24.9 Å². The van der Waals surface area contributed by atoms with Crippen molar-refractivity contribution in [1.29, 1.82) is 0 Å². The summed E-state index contributed by atoms with van der Waals surface area (Å²) in [6, 6.07) is 35.8. The van der Waals surface area contributed by atoms with E-state index in [4.69, 9.17) is 0 Å². The molecule has 0 saturated carbocycles. The number of pyridine rings is 1. The Hall–Kier alpha value is -3.82. The molecule has 0 fully saturated rings. The fourth-order valence-electron chi connectivity index (χ4n) is 6.03. The maximum Gasteiger partial charge on any atom is 0.101 e. The second-order valence-corrected chi connectivity index (χ2v) is 15.4. The highest BCUT2D eigenvalue weighted by atomic mass is 32.2. The fraction of sp³-hybridized carbons (Fsp3) is 0.275. The largest absolute Gasteiger partial charge is 0.355 e. The molecular weight excluding hydrogens is 541 g/mol. The zero-order valence-corrected chi connectivity index (χ0v) is 27.5. The van der Waals surface area contributed by atoms with Crippen LogP contribution in [0.1, 0.15) is 77.6 Å². The van der Waals surface area contributed by atoms with Gasteiger partial charge in [-0.25, -0.2) is 4.98 Å². The lowest BCUT2D eigenvalue weighted by atomic mass is 9.73. The van der Waals surface area contributed by atoms with Gasteiger partial charge >= 0.3 is 0 Å². The van der Waals surface area contributed by atoms with Crippen LogP contribution >= 0.6 is 11.8 Å². The molecule has 2 nitrogen and oxygen atoms in total. The summed E-state index contributed by atoms with van der Waals surface area (Å²) >= 11 is 1.73. The van der Waals surface area contributed by atoms with Gasteiger partial charge in [0.2, 0.25) is 0 Å². The summed E-state index contributed by atoms with van der Waals surface area (Å²) in [4.78, 5) is 5.80. The van der Waals surface area contributed by atoms with Crippen molar-refractivity contribution in [3.63, 3.8) is 0 Å². The summed E-state index contributed by atoms with van der Waals surface area (Å²) in [5, 5.41) is 4.84. The van der Waals surface area contributed by atoms with Crippen LogP contribution < -0.4 is 5.32 Å². The standard InChI is InChI=1S/C40H42N2S/c1-38(2,3)29-21-26(27-22-30(39(4,5)6)25-31(24-27)43-36-18-11-12-19-41-36)20-28(23-29)32-14-13-16-34-37(32)42-35-17-10-9-15-33(35)40(34,7)8/h9-25,42H,1-8H3. The molecule has 3 heteroatoms. The molecule has 6 rings (SSSR count). The van der Waals surface area contributed by atoms with E-state index in [2.05, 4.69) is 157 Å². The minimum absolute atomic E-state index is 0.00786. The van der Waals surface area contributed by atoms with Crippen LogP contribution in [0.3, 0.4) is 0 Å². The summed E-state index contributed by atoms with van der Waals surface area (Å²) in [6.07, 6.45) is 1.87. The second kappa shape index (κ2) is 10.7. The van der Waals surface area contributed by atoms with Crippen LogP contribution in [0, 0.1) is 0 Å². The van der Waals surface area contributed by atoms with Crippen LogP contribution in [0.5, 0.6) is 0 Å². The van der Waals surface area contributed by atoms with Gasteiger partial charge in [-0.1, -0.05) is 128 Å². The van der Waals surface area contributed by atoms with Gasteiger partial charge < -0.3 is 5.32 Å². The smallest absolute Gasteiger partial charge is 0.101 e. The molecule has 0 amide bonds. The van der Waals surface area contributed by atoms with Crippen molar-refractivity contribution in [1.82, 2.24) is 4.98 Å². The first kappa shape index (κ1) is 29.3. The summed E-state index contributed by atoms with van der Waals surface area (Å²) in [7, 11) is 0. The van der Waals surface area contributed by atoms with Crippen LogP contribution in [0.25, 0.3) is 22.3 Å². The fourth-order valence-corrected chi connectivity index (χ4v) is 6.91. The van der Waals surface area contributed by atoms with E-state index in [1.807, 2.05) is 12.3 Å². The zero-order valence-electron chi connectivity index (χ0n) is 26.7. The molecule has 43 heavy (non-hydrogen) atoms. The third-order valence-corrected chi connectivity index (χ3v) is 9.60. The lowest BCUT2D eigenvalue weighted by Gasteiger charge is -2.37. The highest BCUT2D eigenvalue weighted by molar-refractivity contribution is 7.99. The molecule has 1 aliphatic heterocycles.